The van der Waals surface area contributed by atoms with Crippen LogP contribution < -0.4 is 0 Å². The second-order valence-corrected chi connectivity index (χ2v) is 11.5. The van der Waals surface area contributed by atoms with Crippen LogP contribution in [0.4, 0.5) is 0 Å². The lowest BCUT2D eigenvalue weighted by Gasteiger charge is -2.22. The molecule has 0 spiro atoms. The third kappa shape index (κ3) is 2.74. The summed E-state index contributed by atoms with van der Waals surface area (Å²) in [6, 6.07) is 39.7. The highest BCUT2D eigenvalue weighted by Gasteiger charge is 2.35. The average Bonchev–Trinajstić information content (AvgIpc) is 3.50. The van der Waals surface area contributed by atoms with E-state index in [1.807, 2.05) is 12.3 Å². The zero-order chi connectivity index (χ0) is 26.6. The molecule has 0 unspecified atom stereocenters. The molecule has 0 saturated carbocycles. The van der Waals surface area contributed by atoms with Gasteiger partial charge in [-0.1, -0.05) is 92.7 Å². The minimum absolute atomic E-state index is 0.0309. The second-order valence-electron chi connectivity index (χ2n) is 11.5. The second kappa shape index (κ2) is 7.55. The Bertz CT molecular complexity index is 2360. The number of hydrogen-bond acceptors (Lipinski definition) is 2. The van der Waals surface area contributed by atoms with Crippen molar-refractivity contribution in [3.8, 4) is 22.3 Å². The maximum atomic E-state index is 5.16. The van der Waals surface area contributed by atoms with Crippen LogP contribution in [0, 0.1) is 0 Å². The first kappa shape index (κ1) is 21.9. The molecule has 0 atom stereocenters. The van der Waals surface area contributed by atoms with E-state index in [1.165, 1.54) is 44.2 Å². The molecule has 5 aromatic carbocycles. The Labute approximate surface area is 231 Å². The van der Waals surface area contributed by atoms with Gasteiger partial charge in [0, 0.05) is 22.4 Å². The summed E-state index contributed by atoms with van der Waals surface area (Å²) in [5.74, 6) is 0. The van der Waals surface area contributed by atoms with E-state index in [0.29, 0.717) is 0 Å². The van der Waals surface area contributed by atoms with Crippen LogP contribution in [0.5, 0.6) is 0 Å². The topological polar surface area (TPSA) is 30.2 Å². The summed E-state index contributed by atoms with van der Waals surface area (Å²) in [5, 5.41) is 4.62. The van der Waals surface area contributed by atoms with Gasteiger partial charge in [-0.2, -0.15) is 0 Å². The molecule has 0 radical (unpaired) electrons. The highest BCUT2D eigenvalue weighted by Crippen LogP contribution is 2.49. The molecule has 0 bridgehead atoms. The average molecular weight is 512 g/mol. The fourth-order valence-electron chi connectivity index (χ4n) is 7.04. The largest absolute Gasteiger partial charge is 0.292 e. The van der Waals surface area contributed by atoms with E-state index in [-0.39, 0.29) is 5.41 Å². The van der Waals surface area contributed by atoms with E-state index in [1.54, 1.807) is 0 Å². The fraction of sp³-hybridized carbons (Fsp3) is 0.0811. The number of imidazole rings is 1. The molecule has 3 nitrogen and oxygen atoms in total. The van der Waals surface area contributed by atoms with Crippen molar-refractivity contribution in [2.24, 2.45) is 0 Å². The third-order valence-corrected chi connectivity index (χ3v) is 9.00. The van der Waals surface area contributed by atoms with E-state index >= 15 is 0 Å². The number of para-hydroxylation sites is 2. The van der Waals surface area contributed by atoms with Gasteiger partial charge in [-0.25, -0.2) is 4.98 Å². The molecule has 40 heavy (non-hydrogen) atoms. The molecule has 1 aliphatic rings. The molecule has 0 amide bonds. The maximum absolute atomic E-state index is 5.16. The van der Waals surface area contributed by atoms with Crippen molar-refractivity contribution in [3.05, 3.63) is 127 Å². The SMILES string of the molecule is CC1(C)c2ccccc2-c2ccc(-c3ccc4c5ccc6cccnc6c5c5nc6ccccc6n5c4c3)cc21. The monoisotopic (exact) mass is 511 g/mol. The molecule has 0 aliphatic heterocycles. The van der Waals surface area contributed by atoms with Crippen molar-refractivity contribution in [1.29, 1.82) is 0 Å². The van der Waals surface area contributed by atoms with Gasteiger partial charge in [-0.15, -0.1) is 0 Å². The number of fused-ring (bicyclic) bond motifs is 13. The fourth-order valence-corrected chi connectivity index (χ4v) is 7.04. The van der Waals surface area contributed by atoms with Crippen molar-refractivity contribution < 1.29 is 0 Å². The molecule has 3 aromatic heterocycles. The number of aromatic nitrogens is 3. The Kier molecular flexibility index (Phi) is 4.13. The Balaban J connectivity index is 1.37. The summed E-state index contributed by atoms with van der Waals surface area (Å²) in [6.45, 7) is 4.68. The van der Waals surface area contributed by atoms with Gasteiger partial charge >= 0.3 is 0 Å². The molecule has 0 fully saturated rings. The van der Waals surface area contributed by atoms with Gasteiger partial charge in [-0.3, -0.25) is 9.38 Å². The van der Waals surface area contributed by atoms with Crippen molar-refractivity contribution in [3.63, 3.8) is 0 Å². The van der Waals surface area contributed by atoms with Gasteiger partial charge in [-0.05, 0) is 69.1 Å². The minimum atomic E-state index is -0.0309. The van der Waals surface area contributed by atoms with Crippen LogP contribution in [0.15, 0.2) is 115 Å². The lowest BCUT2D eigenvalue weighted by atomic mass is 9.81. The number of rotatable bonds is 1. The Hall–Kier alpha value is -5.02. The molecule has 188 valence electrons. The molecule has 1 aliphatic carbocycles. The highest BCUT2D eigenvalue weighted by atomic mass is 15.0. The van der Waals surface area contributed by atoms with E-state index < -0.39 is 0 Å². The predicted octanol–water partition coefficient (Wildman–Crippen LogP) is 9.32. The van der Waals surface area contributed by atoms with Crippen LogP contribution in [0.2, 0.25) is 0 Å². The molecular formula is C37H25N3. The Morgan fingerprint density at radius 2 is 1.40 bits per heavy atom. The summed E-state index contributed by atoms with van der Waals surface area (Å²) < 4.78 is 2.33. The van der Waals surface area contributed by atoms with Gasteiger partial charge in [0.1, 0.15) is 5.65 Å². The van der Waals surface area contributed by atoms with E-state index in [4.69, 9.17) is 9.97 Å². The zero-order valence-electron chi connectivity index (χ0n) is 22.3. The molecular weight excluding hydrogens is 486 g/mol. The van der Waals surface area contributed by atoms with Gasteiger partial charge in [0.2, 0.25) is 0 Å². The van der Waals surface area contributed by atoms with Crippen molar-refractivity contribution in [2.75, 3.05) is 0 Å². The summed E-state index contributed by atoms with van der Waals surface area (Å²) in [7, 11) is 0. The van der Waals surface area contributed by atoms with Crippen LogP contribution in [0.3, 0.4) is 0 Å². The van der Waals surface area contributed by atoms with Gasteiger partial charge in [0.05, 0.1) is 27.5 Å². The summed E-state index contributed by atoms with van der Waals surface area (Å²) >= 11 is 0. The zero-order valence-corrected chi connectivity index (χ0v) is 22.3. The third-order valence-electron chi connectivity index (χ3n) is 9.00. The molecule has 0 N–H and O–H groups in total. The van der Waals surface area contributed by atoms with E-state index in [0.717, 1.165) is 38.5 Å². The number of pyridine rings is 2. The van der Waals surface area contributed by atoms with E-state index in [9.17, 15) is 0 Å². The summed E-state index contributed by atoms with van der Waals surface area (Å²) in [6.07, 6.45) is 1.88. The first-order valence-electron chi connectivity index (χ1n) is 13.8. The minimum Gasteiger partial charge on any atom is -0.292 e. The number of hydrogen-bond donors (Lipinski definition) is 0. The quantitative estimate of drug-likeness (QED) is 0.206. The van der Waals surface area contributed by atoms with Crippen LogP contribution in [0.1, 0.15) is 25.0 Å². The highest BCUT2D eigenvalue weighted by molar-refractivity contribution is 6.22. The smallest absolute Gasteiger partial charge is 0.148 e. The molecule has 9 rings (SSSR count). The standard InChI is InChI=1S/C37H25N3/c1-37(2)29-10-4-3-9-25(29)26-16-14-23(20-30(26)37)24-15-17-27-28-18-13-22-8-7-19-38-35(22)34(28)36-39-31-11-5-6-12-32(31)40(36)33(27)21-24/h3-21H,1-2H3. The lowest BCUT2D eigenvalue weighted by molar-refractivity contribution is 0.660. The Morgan fingerprint density at radius 1 is 0.625 bits per heavy atom. The summed E-state index contributed by atoms with van der Waals surface area (Å²) in [5.41, 5.74) is 13.1. The van der Waals surface area contributed by atoms with Crippen molar-refractivity contribution in [1.82, 2.24) is 14.4 Å². The Morgan fingerprint density at radius 3 is 2.35 bits per heavy atom. The number of benzene rings is 5. The lowest BCUT2D eigenvalue weighted by Crippen LogP contribution is -2.14. The molecule has 3 heterocycles. The summed E-state index contributed by atoms with van der Waals surface area (Å²) in [4.78, 5) is 9.97. The normalized spacial score (nSPS) is 13.9. The van der Waals surface area contributed by atoms with Crippen LogP contribution in [0.25, 0.3) is 71.5 Å². The maximum Gasteiger partial charge on any atom is 0.148 e. The van der Waals surface area contributed by atoms with Crippen LogP contribution in [-0.4, -0.2) is 14.4 Å². The predicted molar refractivity (Wildman–Crippen MR) is 166 cm³/mol. The van der Waals surface area contributed by atoms with Crippen molar-refractivity contribution in [2.45, 2.75) is 19.3 Å². The van der Waals surface area contributed by atoms with Crippen LogP contribution >= 0.6 is 0 Å². The van der Waals surface area contributed by atoms with Crippen LogP contribution in [-0.2, 0) is 5.41 Å². The first-order valence-corrected chi connectivity index (χ1v) is 13.8. The van der Waals surface area contributed by atoms with Gasteiger partial charge < -0.3 is 0 Å². The molecule has 8 aromatic rings. The van der Waals surface area contributed by atoms with Crippen molar-refractivity contribution >= 4 is 49.3 Å². The first-order chi connectivity index (χ1) is 19.6. The molecule has 3 heteroatoms. The van der Waals surface area contributed by atoms with Gasteiger partial charge in [0.15, 0.2) is 0 Å². The number of nitrogens with zero attached hydrogens (tertiary/aromatic N) is 3. The molecule has 0 saturated heterocycles. The van der Waals surface area contributed by atoms with Gasteiger partial charge in [0.25, 0.3) is 0 Å². The van der Waals surface area contributed by atoms with E-state index in [2.05, 4.69) is 121 Å².